The van der Waals surface area contributed by atoms with Gasteiger partial charge in [-0.1, -0.05) is 15.9 Å². The second-order valence-corrected chi connectivity index (χ2v) is 5.21. The third kappa shape index (κ3) is 3.28. The van der Waals surface area contributed by atoms with Gasteiger partial charge in [-0.25, -0.2) is 0 Å². The van der Waals surface area contributed by atoms with Crippen molar-refractivity contribution in [1.29, 1.82) is 0 Å². The van der Waals surface area contributed by atoms with Gasteiger partial charge in [0.2, 0.25) is 5.91 Å². The summed E-state index contributed by atoms with van der Waals surface area (Å²) >= 11 is 3.41. The van der Waals surface area contributed by atoms with Gasteiger partial charge in [0.1, 0.15) is 0 Å². The highest BCUT2D eigenvalue weighted by molar-refractivity contribution is 9.10. The monoisotopic (exact) mass is 298 g/mol. The van der Waals surface area contributed by atoms with E-state index in [0.29, 0.717) is 19.6 Å². The number of hydrogen-bond acceptors (Lipinski definition) is 3. The van der Waals surface area contributed by atoms with E-state index in [1.54, 1.807) is 0 Å². The number of benzene rings is 1. The Balaban J connectivity index is 1.87. The van der Waals surface area contributed by atoms with Crippen LogP contribution in [-0.4, -0.2) is 41.7 Å². The van der Waals surface area contributed by atoms with Gasteiger partial charge in [-0.15, -0.1) is 0 Å². The fourth-order valence-corrected chi connectivity index (χ4v) is 2.04. The fraction of sp³-hybridized carbons (Fsp3) is 0.417. The molecule has 92 valence electrons. The van der Waals surface area contributed by atoms with E-state index >= 15 is 0 Å². The van der Waals surface area contributed by atoms with Crippen molar-refractivity contribution in [1.82, 2.24) is 4.90 Å². The number of anilines is 1. The van der Waals surface area contributed by atoms with E-state index in [9.17, 15) is 4.79 Å². The smallest absolute Gasteiger partial charge is 0.238 e. The van der Waals surface area contributed by atoms with Crippen molar-refractivity contribution in [2.75, 3.05) is 25.0 Å². The van der Waals surface area contributed by atoms with E-state index in [4.69, 9.17) is 5.11 Å². The van der Waals surface area contributed by atoms with Gasteiger partial charge in [-0.05, 0) is 30.7 Å². The van der Waals surface area contributed by atoms with Crippen LogP contribution in [0.3, 0.4) is 0 Å². The number of aliphatic hydroxyl groups excluding tert-OH is 1. The van der Waals surface area contributed by atoms with E-state index < -0.39 is 0 Å². The number of hydrogen-bond donors (Lipinski definition) is 2. The van der Waals surface area contributed by atoms with Crippen LogP contribution in [0.25, 0.3) is 0 Å². The summed E-state index contributed by atoms with van der Waals surface area (Å²) in [5.74, 6) is -0.0429. The van der Waals surface area contributed by atoms with E-state index in [2.05, 4.69) is 21.2 Å². The molecule has 0 unspecified atom stereocenters. The Morgan fingerprint density at radius 3 is 2.88 bits per heavy atom. The molecule has 0 aromatic heterocycles. The minimum Gasteiger partial charge on any atom is -0.390 e. The zero-order chi connectivity index (χ0) is 12.4. The summed E-state index contributed by atoms with van der Waals surface area (Å²) in [5, 5.41) is 12.0. The Bertz CT molecular complexity index is 431. The molecule has 1 heterocycles. The first-order chi connectivity index (χ1) is 8.04. The van der Waals surface area contributed by atoms with Crippen LogP contribution in [0.1, 0.15) is 5.56 Å². The lowest BCUT2D eigenvalue weighted by molar-refractivity contribution is -0.119. The van der Waals surface area contributed by atoms with Crippen molar-refractivity contribution in [3.8, 4) is 0 Å². The molecule has 1 aliphatic heterocycles. The Morgan fingerprint density at radius 2 is 2.29 bits per heavy atom. The summed E-state index contributed by atoms with van der Waals surface area (Å²) in [6.45, 7) is 3.50. The molecular weight excluding hydrogens is 284 g/mol. The molecule has 2 rings (SSSR count). The molecule has 1 fully saturated rings. The van der Waals surface area contributed by atoms with Crippen molar-refractivity contribution in [3.63, 3.8) is 0 Å². The first-order valence-electron chi connectivity index (χ1n) is 5.51. The van der Waals surface area contributed by atoms with Crippen LogP contribution in [0.5, 0.6) is 0 Å². The molecule has 1 saturated heterocycles. The quantitative estimate of drug-likeness (QED) is 0.886. The second-order valence-electron chi connectivity index (χ2n) is 4.36. The van der Waals surface area contributed by atoms with Gasteiger partial charge in [0.25, 0.3) is 0 Å². The van der Waals surface area contributed by atoms with Gasteiger partial charge in [0.05, 0.1) is 12.6 Å². The lowest BCUT2D eigenvalue weighted by atomic mass is 10.2. The first-order valence-corrected chi connectivity index (χ1v) is 6.30. The molecule has 0 bridgehead atoms. The summed E-state index contributed by atoms with van der Waals surface area (Å²) in [6.07, 6.45) is -0.266. The standard InChI is InChI=1S/C12H15BrN2O2/c1-8-4-9(2-3-11(8)13)14-12(17)7-15-5-10(16)6-15/h2-4,10,16H,5-7H2,1H3,(H,14,17). The summed E-state index contributed by atoms with van der Waals surface area (Å²) in [7, 11) is 0. The number of β-amino-alcohol motifs (C(OH)–C–C–N with tert-alkyl or cyclic N) is 1. The lowest BCUT2D eigenvalue weighted by Gasteiger charge is -2.35. The molecule has 1 aromatic carbocycles. The van der Waals surface area contributed by atoms with Gasteiger partial charge in [0, 0.05) is 23.2 Å². The molecule has 5 heteroatoms. The fourth-order valence-electron chi connectivity index (χ4n) is 1.80. The molecule has 0 saturated carbocycles. The predicted molar refractivity (Wildman–Crippen MR) is 70.0 cm³/mol. The molecule has 0 spiro atoms. The van der Waals surface area contributed by atoms with Gasteiger partial charge in [0.15, 0.2) is 0 Å². The third-order valence-corrected chi connectivity index (χ3v) is 3.64. The summed E-state index contributed by atoms with van der Waals surface area (Å²) in [5.41, 5.74) is 1.89. The molecule has 0 aliphatic carbocycles. The van der Waals surface area contributed by atoms with E-state index in [0.717, 1.165) is 15.7 Å². The van der Waals surface area contributed by atoms with Crippen LogP contribution in [0, 0.1) is 6.92 Å². The number of aryl methyl sites for hydroxylation is 1. The number of nitrogens with one attached hydrogen (secondary N) is 1. The SMILES string of the molecule is Cc1cc(NC(=O)CN2CC(O)C2)ccc1Br. The summed E-state index contributed by atoms with van der Waals surface area (Å²) in [6, 6.07) is 5.70. The molecule has 4 nitrogen and oxygen atoms in total. The van der Waals surface area contributed by atoms with Crippen LogP contribution in [0.15, 0.2) is 22.7 Å². The zero-order valence-electron chi connectivity index (χ0n) is 9.61. The van der Waals surface area contributed by atoms with E-state index in [1.807, 2.05) is 30.0 Å². The maximum Gasteiger partial charge on any atom is 0.238 e. The molecule has 0 radical (unpaired) electrons. The lowest BCUT2D eigenvalue weighted by Crippen LogP contribution is -2.53. The summed E-state index contributed by atoms with van der Waals surface area (Å²) in [4.78, 5) is 13.6. The van der Waals surface area contributed by atoms with Crippen LogP contribution in [0.2, 0.25) is 0 Å². The highest BCUT2D eigenvalue weighted by Gasteiger charge is 2.25. The second kappa shape index (κ2) is 5.16. The number of nitrogens with zero attached hydrogens (tertiary/aromatic N) is 1. The molecule has 1 aliphatic rings. The number of rotatable bonds is 3. The highest BCUT2D eigenvalue weighted by Crippen LogP contribution is 2.20. The zero-order valence-corrected chi connectivity index (χ0v) is 11.2. The maximum absolute atomic E-state index is 11.7. The first kappa shape index (κ1) is 12.5. The van der Waals surface area contributed by atoms with Gasteiger partial charge in [-0.3, -0.25) is 9.69 Å². The topological polar surface area (TPSA) is 52.6 Å². The van der Waals surface area contributed by atoms with E-state index in [1.165, 1.54) is 0 Å². The van der Waals surface area contributed by atoms with Crippen molar-refractivity contribution >= 4 is 27.5 Å². The number of halogens is 1. The molecule has 1 amide bonds. The molecular formula is C12H15BrN2O2. The van der Waals surface area contributed by atoms with Crippen molar-refractivity contribution < 1.29 is 9.90 Å². The van der Waals surface area contributed by atoms with Gasteiger partial charge < -0.3 is 10.4 Å². The summed E-state index contributed by atoms with van der Waals surface area (Å²) < 4.78 is 1.03. The van der Waals surface area contributed by atoms with Gasteiger partial charge in [-0.2, -0.15) is 0 Å². The van der Waals surface area contributed by atoms with Crippen LogP contribution < -0.4 is 5.32 Å². The van der Waals surface area contributed by atoms with Crippen LogP contribution >= 0.6 is 15.9 Å². The molecule has 2 N–H and O–H groups in total. The van der Waals surface area contributed by atoms with Crippen molar-refractivity contribution in [2.45, 2.75) is 13.0 Å². The number of carbonyl (C=O) groups excluding carboxylic acids is 1. The molecule has 0 atom stereocenters. The highest BCUT2D eigenvalue weighted by atomic mass is 79.9. The minimum atomic E-state index is -0.266. The molecule has 17 heavy (non-hydrogen) atoms. The van der Waals surface area contributed by atoms with Crippen LogP contribution in [0.4, 0.5) is 5.69 Å². The predicted octanol–water partition coefficient (Wildman–Crippen LogP) is 1.37. The Hall–Kier alpha value is -0.910. The number of amides is 1. The van der Waals surface area contributed by atoms with Crippen molar-refractivity contribution in [2.24, 2.45) is 0 Å². The van der Waals surface area contributed by atoms with Crippen LogP contribution in [-0.2, 0) is 4.79 Å². The van der Waals surface area contributed by atoms with Gasteiger partial charge >= 0.3 is 0 Å². The average molecular weight is 299 g/mol. The number of likely N-dealkylation sites (tertiary alicyclic amines) is 1. The Kier molecular flexibility index (Phi) is 3.81. The minimum absolute atomic E-state index is 0.0429. The molecule has 1 aromatic rings. The number of aliphatic hydroxyl groups is 1. The Labute approximate surface area is 109 Å². The number of carbonyl (C=O) groups is 1. The van der Waals surface area contributed by atoms with E-state index in [-0.39, 0.29) is 12.0 Å². The third-order valence-electron chi connectivity index (χ3n) is 2.75. The van der Waals surface area contributed by atoms with Crippen molar-refractivity contribution in [3.05, 3.63) is 28.2 Å². The maximum atomic E-state index is 11.7. The average Bonchev–Trinajstić information content (AvgIpc) is 2.21. The Morgan fingerprint density at radius 1 is 1.59 bits per heavy atom. The normalized spacial score (nSPS) is 16.6. The largest absolute Gasteiger partial charge is 0.390 e.